The maximum absolute atomic E-state index is 13.1. The molecule has 2 aromatic carbocycles. The highest BCUT2D eigenvalue weighted by atomic mass is 16.4. The van der Waals surface area contributed by atoms with Crippen molar-refractivity contribution in [2.24, 2.45) is 0 Å². The van der Waals surface area contributed by atoms with Crippen molar-refractivity contribution in [1.82, 2.24) is 15.1 Å². The van der Waals surface area contributed by atoms with Crippen LogP contribution in [0.15, 0.2) is 60.7 Å². The lowest BCUT2D eigenvalue weighted by molar-refractivity contribution is -0.147. The zero-order chi connectivity index (χ0) is 24.0. The van der Waals surface area contributed by atoms with Crippen molar-refractivity contribution < 1.29 is 29.4 Å². The van der Waals surface area contributed by atoms with E-state index >= 15 is 0 Å². The number of carbonyl (C=O) groups excluding carboxylic acids is 2. The van der Waals surface area contributed by atoms with Crippen molar-refractivity contribution in [1.29, 1.82) is 0 Å². The average molecular weight is 453 g/mol. The number of benzene rings is 2. The molecule has 0 unspecified atom stereocenters. The maximum Gasteiger partial charge on any atom is 0.328 e. The van der Waals surface area contributed by atoms with Gasteiger partial charge in [-0.05, 0) is 30.9 Å². The Morgan fingerprint density at radius 1 is 1.00 bits per heavy atom. The van der Waals surface area contributed by atoms with Gasteiger partial charge in [-0.25, -0.2) is 14.5 Å². The zero-order valence-electron chi connectivity index (χ0n) is 18.3. The van der Waals surface area contributed by atoms with E-state index < -0.39 is 42.0 Å². The zero-order valence-corrected chi connectivity index (χ0v) is 18.3. The SMILES string of the molecule is C[C@@H](N[C@@H](CCc1ccccc1)C(=O)O)C(=O)N1C(=O)N(Cc2ccccc2)C[C@H]1C(=O)O. The number of carbonyl (C=O) groups is 4. The Hall–Kier alpha value is -3.72. The fraction of sp³-hybridized carbons (Fsp3) is 0.333. The Balaban J connectivity index is 1.68. The molecule has 0 bridgehead atoms. The second-order valence-electron chi connectivity index (χ2n) is 8.01. The highest BCUT2D eigenvalue weighted by molar-refractivity contribution is 6.02. The molecule has 1 fully saturated rings. The number of carboxylic acids is 2. The molecule has 3 rings (SSSR count). The molecule has 174 valence electrons. The van der Waals surface area contributed by atoms with E-state index in [1.165, 1.54) is 11.8 Å². The van der Waals surface area contributed by atoms with Crippen LogP contribution in [0.1, 0.15) is 24.5 Å². The number of hydrogen-bond acceptors (Lipinski definition) is 5. The normalized spacial score (nSPS) is 17.6. The number of aliphatic carboxylic acids is 2. The van der Waals surface area contributed by atoms with Gasteiger partial charge in [-0.3, -0.25) is 14.9 Å². The Morgan fingerprint density at radius 3 is 2.12 bits per heavy atom. The summed E-state index contributed by atoms with van der Waals surface area (Å²) in [6, 6.07) is 14.3. The molecule has 1 aliphatic heterocycles. The maximum atomic E-state index is 13.1. The van der Waals surface area contributed by atoms with Crippen molar-refractivity contribution in [3.63, 3.8) is 0 Å². The Kier molecular flexibility index (Phi) is 7.78. The van der Waals surface area contributed by atoms with Gasteiger partial charge in [0.05, 0.1) is 12.6 Å². The Bertz CT molecular complexity index is 998. The molecule has 0 aromatic heterocycles. The molecule has 2 aromatic rings. The molecule has 9 heteroatoms. The minimum absolute atomic E-state index is 0.141. The molecular formula is C24H27N3O6. The number of nitrogens with zero attached hydrogens (tertiary/aromatic N) is 2. The van der Waals surface area contributed by atoms with Gasteiger partial charge in [0, 0.05) is 6.54 Å². The summed E-state index contributed by atoms with van der Waals surface area (Å²) in [6.07, 6.45) is 0.713. The molecule has 0 spiro atoms. The van der Waals surface area contributed by atoms with Crippen LogP contribution >= 0.6 is 0 Å². The van der Waals surface area contributed by atoms with E-state index in [2.05, 4.69) is 5.32 Å². The fourth-order valence-corrected chi connectivity index (χ4v) is 3.84. The molecule has 3 N–H and O–H groups in total. The number of rotatable bonds is 10. The smallest absolute Gasteiger partial charge is 0.328 e. The third-order valence-electron chi connectivity index (χ3n) is 5.60. The van der Waals surface area contributed by atoms with E-state index in [9.17, 15) is 29.4 Å². The molecule has 9 nitrogen and oxygen atoms in total. The number of hydrogen-bond donors (Lipinski definition) is 3. The standard InChI is InChI=1S/C24H27N3O6/c1-16(25-19(22(29)30)13-12-17-8-4-2-5-9-17)21(28)27-20(23(31)32)15-26(24(27)33)14-18-10-6-3-7-11-18/h2-11,16,19-20,25H,12-15H2,1H3,(H,29,30)(H,31,32)/t16-,19+,20+/m1/s1. The number of carboxylic acid groups (broad SMARTS) is 2. The third-order valence-corrected chi connectivity index (χ3v) is 5.60. The monoisotopic (exact) mass is 453 g/mol. The second-order valence-corrected chi connectivity index (χ2v) is 8.01. The van der Waals surface area contributed by atoms with Crippen LogP contribution in [0.25, 0.3) is 0 Å². The molecule has 0 radical (unpaired) electrons. The summed E-state index contributed by atoms with van der Waals surface area (Å²) in [6.45, 7) is 1.47. The van der Waals surface area contributed by atoms with E-state index in [0.717, 1.165) is 16.0 Å². The predicted molar refractivity (Wildman–Crippen MR) is 119 cm³/mol. The van der Waals surface area contributed by atoms with Crippen LogP contribution in [0.2, 0.25) is 0 Å². The first-order valence-electron chi connectivity index (χ1n) is 10.7. The molecule has 3 amide bonds. The van der Waals surface area contributed by atoms with Crippen LogP contribution in [0.4, 0.5) is 4.79 Å². The lowest BCUT2D eigenvalue weighted by Crippen LogP contribution is -2.54. The molecule has 3 atom stereocenters. The summed E-state index contributed by atoms with van der Waals surface area (Å²) in [7, 11) is 0. The first-order valence-corrected chi connectivity index (χ1v) is 10.7. The van der Waals surface area contributed by atoms with Gasteiger partial charge in [0.1, 0.15) is 6.04 Å². The van der Waals surface area contributed by atoms with Crippen LogP contribution in [-0.4, -0.2) is 68.6 Å². The largest absolute Gasteiger partial charge is 0.480 e. The van der Waals surface area contributed by atoms with Crippen LogP contribution in [0, 0.1) is 0 Å². The quantitative estimate of drug-likeness (QED) is 0.502. The van der Waals surface area contributed by atoms with Crippen LogP contribution in [0.5, 0.6) is 0 Å². The van der Waals surface area contributed by atoms with E-state index in [1.54, 1.807) is 12.1 Å². The third kappa shape index (κ3) is 5.95. The van der Waals surface area contributed by atoms with E-state index in [0.29, 0.717) is 6.42 Å². The number of amides is 3. The van der Waals surface area contributed by atoms with Crippen molar-refractivity contribution in [3.8, 4) is 0 Å². The molecule has 1 saturated heterocycles. The van der Waals surface area contributed by atoms with Gasteiger partial charge < -0.3 is 15.1 Å². The van der Waals surface area contributed by atoms with Crippen LogP contribution in [-0.2, 0) is 27.3 Å². The number of imide groups is 1. The minimum atomic E-state index is -1.34. The van der Waals surface area contributed by atoms with Gasteiger partial charge in [0.25, 0.3) is 0 Å². The molecule has 1 heterocycles. The average Bonchev–Trinajstić information content (AvgIpc) is 3.13. The fourth-order valence-electron chi connectivity index (χ4n) is 3.84. The van der Waals surface area contributed by atoms with Gasteiger partial charge in [-0.15, -0.1) is 0 Å². The number of nitrogens with one attached hydrogen (secondary N) is 1. The van der Waals surface area contributed by atoms with Crippen LogP contribution in [0.3, 0.4) is 0 Å². The van der Waals surface area contributed by atoms with Crippen molar-refractivity contribution in [2.75, 3.05) is 6.54 Å². The Labute approximate surface area is 191 Å². The minimum Gasteiger partial charge on any atom is -0.480 e. The van der Waals surface area contributed by atoms with Gasteiger partial charge in [0.15, 0.2) is 6.04 Å². The molecule has 1 aliphatic rings. The predicted octanol–water partition coefficient (Wildman–Crippen LogP) is 1.97. The van der Waals surface area contributed by atoms with Crippen molar-refractivity contribution in [2.45, 2.75) is 44.4 Å². The molecular weight excluding hydrogens is 426 g/mol. The summed E-state index contributed by atoms with van der Waals surface area (Å²) < 4.78 is 0. The molecule has 33 heavy (non-hydrogen) atoms. The first-order chi connectivity index (χ1) is 15.8. The van der Waals surface area contributed by atoms with Gasteiger partial charge in [0.2, 0.25) is 5.91 Å². The summed E-state index contributed by atoms with van der Waals surface area (Å²) in [4.78, 5) is 51.5. The second kappa shape index (κ2) is 10.7. The Morgan fingerprint density at radius 2 is 1.58 bits per heavy atom. The van der Waals surface area contributed by atoms with Crippen molar-refractivity contribution >= 4 is 23.9 Å². The highest BCUT2D eigenvalue weighted by Crippen LogP contribution is 2.21. The van der Waals surface area contributed by atoms with Crippen LogP contribution < -0.4 is 5.32 Å². The summed E-state index contributed by atoms with van der Waals surface area (Å²) in [5.74, 6) is -3.19. The lowest BCUT2D eigenvalue weighted by Gasteiger charge is -2.25. The van der Waals surface area contributed by atoms with Gasteiger partial charge >= 0.3 is 18.0 Å². The summed E-state index contributed by atoms with van der Waals surface area (Å²) >= 11 is 0. The molecule has 0 saturated carbocycles. The number of urea groups is 1. The van der Waals surface area contributed by atoms with Gasteiger partial charge in [-0.2, -0.15) is 0 Å². The number of aryl methyl sites for hydroxylation is 1. The highest BCUT2D eigenvalue weighted by Gasteiger charge is 2.46. The lowest BCUT2D eigenvalue weighted by atomic mass is 10.0. The van der Waals surface area contributed by atoms with E-state index in [4.69, 9.17) is 0 Å². The summed E-state index contributed by atoms with van der Waals surface area (Å²) in [5.41, 5.74) is 1.77. The summed E-state index contributed by atoms with van der Waals surface area (Å²) in [5, 5.41) is 22.0. The van der Waals surface area contributed by atoms with E-state index in [1.807, 2.05) is 48.5 Å². The van der Waals surface area contributed by atoms with E-state index in [-0.39, 0.29) is 19.5 Å². The first kappa shape index (κ1) is 23.9. The van der Waals surface area contributed by atoms with Crippen molar-refractivity contribution in [3.05, 3.63) is 71.8 Å². The topological polar surface area (TPSA) is 127 Å². The molecule has 0 aliphatic carbocycles. The van der Waals surface area contributed by atoms with Gasteiger partial charge in [-0.1, -0.05) is 60.7 Å².